The Bertz CT molecular complexity index is 2000. The largest absolute Gasteiger partial charge is 0.489 e. The van der Waals surface area contributed by atoms with Gasteiger partial charge in [-0.25, -0.2) is 4.98 Å². The Morgan fingerprint density at radius 2 is 1.71 bits per heavy atom. The predicted molar refractivity (Wildman–Crippen MR) is 174 cm³/mol. The van der Waals surface area contributed by atoms with Crippen LogP contribution >= 0.6 is 15.9 Å². The van der Waals surface area contributed by atoms with Crippen molar-refractivity contribution in [1.29, 1.82) is 0 Å². The molecule has 0 unspecified atom stereocenters. The number of hydrogen-bond donors (Lipinski definition) is 0. The van der Waals surface area contributed by atoms with Crippen LogP contribution in [-0.4, -0.2) is 20.4 Å². The molecular formula is C35H31BrN4O2. The number of aryl methyl sites for hydroxylation is 2. The van der Waals surface area contributed by atoms with Gasteiger partial charge in [0, 0.05) is 33.5 Å². The molecule has 0 aliphatic rings. The van der Waals surface area contributed by atoms with Gasteiger partial charge in [0.05, 0.1) is 17.1 Å². The first-order valence-electron chi connectivity index (χ1n) is 14.1. The van der Waals surface area contributed by atoms with Crippen LogP contribution in [0, 0.1) is 13.8 Å². The minimum absolute atomic E-state index is 0.172. The van der Waals surface area contributed by atoms with E-state index in [1.165, 1.54) is 15.4 Å². The number of nitrogens with zero attached hydrogens (tertiary/aromatic N) is 4. The summed E-state index contributed by atoms with van der Waals surface area (Å²) < 4.78 is 10.6. The van der Waals surface area contributed by atoms with Gasteiger partial charge in [0.15, 0.2) is 0 Å². The molecule has 0 bridgehead atoms. The van der Waals surface area contributed by atoms with E-state index in [0.29, 0.717) is 29.8 Å². The van der Waals surface area contributed by atoms with E-state index in [1.807, 2.05) is 24.3 Å². The van der Waals surface area contributed by atoms with Crippen LogP contribution in [-0.2, 0) is 13.0 Å². The summed E-state index contributed by atoms with van der Waals surface area (Å²) in [4.78, 5) is 18.1. The summed E-state index contributed by atoms with van der Waals surface area (Å²) in [6.07, 6.45) is 3.28. The maximum absolute atomic E-state index is 13.4. The smallest absolute Gasteiger partial charge is 0.282 e. The average molecular weight is 620 g/mol. The molecule has 0 spiro atoms. The van der Waals surface area contributed by atoms with Gasteiger partial charge in [-0.05, 0) is 85.1 Å². The highest BCUT2D eigenvalue weighted by Crippen LogP contribution is 2.24. The van der Waals surface area contributed by atoms with Crippen LogP contribution in [0.1, 0.15) is 41.7 Å². The Morgan fingerprint density at radius 3 is 2.52 bits per heavy atom. The lowest BCUT2D eigenvalue weighted by Gasteiger charge is -2.12. The Morgan fingerprint density at radius 1 is 0.929 bits per heavy atom. The van der Waals surface area contributed by atoms with Crippen LogP contribution in [0.4, 0.5) is 0 Å². The molecule has 6 nitrogen and oxygen atoms in total. The average Bonchev–Trinajstić information content (AvgIpc) is 3.29. The third-order valence-electron chi connectivity index (χ3n) is 7.50. The summed E-state index contributed by atoms with van der Waals surface area (Å²) in [7, 11) is 0. The first-order chi connectivity index (χ1) is 20.4. The van der Waals surface area contributed by atoms with Gasteiger partial charge in [-0.15, -0.1) is 0 Å². The van der Waals surface area contributed by atoms with Gasteiger partial charge >= 0.3 is 0 Å². The summed E-state index contributed by atoms with van der Waals surface area (Å²) in [5.41, 5.74) is 5.74. The Hall–Kier alpha value is -4.49. The van der Waals surface area contributed by atoms with Crippen LogP contribution in [0.2, 0.25) is 0 Å². The topological polar surface area (TPSA) is 61.4 Å². The van der Waals surface area contributed by atoms with Crippen molar-refractivity contribution in [3.63, 3.8) is 0 Å². The van der Waals surface area contributed by atoms with Gasteiger partial charge in [-0.1, -0.05) is 65.3 Å². The summed E-state index contributed by atoms with van der Waals surface area (Å²) in [5, 5.41) is 7.60. The molecule has 0 saturated heterocycles. The summed E-state index contributed by atoms with van der Waals surface area (Å²) in [6.45, 7) is 6.70. The molecule has 7 heteroatoms. The van der Waals surface area contributed by atoms with Crippen LogP contribution in [0.5, 0.6) is 5.75 Å². The molecule has 0 amide bonds. The van der Waals surface area contributed by atoms with Crippen molar-refractivity contribution in [3.05, 3.63) is 134 Å². The van der Waals surface area contributed by atoms with Gasteiger partial charge in [-0.2, -0.15) is 9.78 Å². The number of benzene rings is 4. The fraction of sp³-hybridized carbons (Fsp3) is 0.171. The zero-order valence-corrected chi connectivity index (χ0v) is 25.4. The van der Waals surface area contributed by atoms with Gasteiger partial charge in [0.25, 0.3) is 5.56 Å². The molecule has 6 rings (SSSR count). The van der Waals surface area contributed by atoms with Crippen LogP contribution in [0.25, 0.3) is 27.4 Å². The van der Waals surface area contributed by atoms with E-state index >= 15 is 0 Å². The van der Waals surface area contributed by atoms with E-state index < -0.39 is 0 Å². The van der Waals surface area contributed by atoms with Crippen molar-refractivity contribution in [2.75, 3.05) is 0 Å². The highest BCUT2D eigenvalue weighted by molar-refractivity contribution is 9.10. The van der Waals surface area contributed by atoms with Gasteiger partial charge in [-0.3, -0.25) is 4.79 Å². The van der Waals surface area contributed by atoms with Gasteiger partial charge < -0.3 is 9.30 Å². The van der Waals surface area contributed by atoms with Crippen molar-refractivity contribution in [3.8, 4) is 11.4 Å². The number of hydrogen-bond acceptors (Lipinski definition) is 4. The molecule has 0 saturated carbocycles. The minimum Gasteiger partial charge on any atom is -0.489 e. The highest BCUT2D eigenvalue weighted by Gasteiger charge is 2.13. The van der Waals surface area contributed by atoms with E-state index in [9.17, 15) is 4.79 Å². The lowest BCUT2D eigenvalue weighted by molar-refractivity contribution is 0.307. The van der Waals surface area contributed by atoms with Crippen LogP contribution in [0.15, 0.2) is 105 Å². The van der Waals surface area contributed by atoms with E-state index in [4.69, 9.17) is 9.72 Å². The molecule has 0 N–H and O–H groups in total. The fourth-order valence-corrected chi connectivity index (χ4v) is 5.77. The molecule has 0 aliphatic heterocycles. The first-order valence-corrected chi connectivity index (χ1v) is 14.9. The molecular weight excluding hydrogens is 588 g/mol. The first kappa shape index (κ1) is 27.7. The molecule has 0 fully saturated rings. The predicted octanol–water partition coefficient (Wildman–Crippen LogP) is 8.13. The van der Waals surface area contributed by atoms with Crippen LogP contribution in [0.3, 0.4) is 0 Å². The molecule has 6 aromatic rings. The highest BCUT2D eigenvalue weighted by atomic mass is 79.9. The Labute approximate surface area is 253 Å². The summed E-state index contributed by atoms with van der Waals surface area (Å²) in [6, 6.07) is 30.4. The zero-order chi connectivity index (χ0) is 29.2. The summed E-state index contributed by atoms with van der Waals surface area (Å²) >= 11 is 3.47. The van der Waals surface area contributed by atoms with E-state index in [-0.39, 0.29) is 5.56 Å². The molecule has 4 aromatic carbocycles. The van der Waals surface area contributed by atoms with Crippen molar-refractivity contribution in [2.24, 2.45) is 5.10 Å². The monoisotopic (exact) mass is 618 g/mol. The maximum atomic E-state index is 13.4. The molecule has 42 heavy (non-hydrogen) atoms. The SMILES string of the molecule is CCCc1nc2ccc(Br)cc2c(=O)n1N=Cc1cc(C)n(-c2ccc(OCc3cccc4ccccc34)cc2)c1C. The molecule has 0 radical (unpaired) electrons. The van der Waals surface area contributed by atoms with E-state index in [2.05, 4.69) is 107 Å². The Balaban J connectivity index is 1.25. The summed E-state index contributed by atoms with van der Waals surface area (Å²) in [5.74, 6) is 1.47. The Kier molecular flexibility index (Phi) is 7.76. The molecule has 0 atom stereocenters. The van der Waals surface area contributed by atoms with Crippen LogP contribution < -0.4 is 10.3 Å². The second kappa shape index (κ2) is 11.8. The van der Waals surface area contributed by atoms with E-state index in [0.717, 1.165) is 44.8 Å². The maximum Gasteiger partial charge on any atom is 0.282 e. The molecule has 2 aromatic heterocycles. The third-order valence-corrected chi connectivity index (χ3v) is 7.99. The number of aromatic nitrogens is 3. The molecule has 2 heterocycles. The normalized spacial score (nSPS) is 11.6. The van der Waals surface area contributed by atoms with Crippen molar-refractivity contribution in [1.82, 2.24) is 14.2 Å². The lowest BCUT2D eigenvalue weighted by atomic mass is 10.1. The minimum atomic E-state index is -0.172. The third kappa shape index (κ3) is 5.40. The number of fused-ring (bicyclic) bond motifs is 2. The van der Waals surface area contributed by atoms with Crippen molar-refractivity contribution >= 4 is 43.8 Å². The number of rotatable bonds is 8. The van der Waals surface area contributed by atoms with Gasteiger partial charge in [0.1, 0.15) is 18.2 Å². The quantitative estimate of drug-likeness (QED) is 0.162. The molecule has 0 aliphatic carbocycles. The van der Waals surface area contributed by atoms with Crippen molar-refractivity contribution in [2.45, 2.75) is 40.2 Å². The second-order valence-electron chi connectivity index (χ2n) is 10.4. The molecule has 210 valence electrons. The number of ether oxygens (including phenoxy) is 1. The van der Waals surface area contributed by atoms with E-state index in [1.54, 1.807) is 12.3 Å². The van der Waals surface area contributed by atoms with Crippen molar-refractivity contribution < 1.29 is 4.74 Å². The second-order valence-corrected chi connectivity index (χ2v) is 11.3. The number of halogens is 1. The zero-order valence-electron chi connectivity index (χ0n) is 23.8. The standard InChI is InChI=1S/C35H31BrN4O2/c1-4-8-34-38-33-18-13-28(36)20-32(33)35(41)40(34)37-21-27-19-23(2)39(24(27)3)29-14-16-30(17-15-29)42-22-26-11-7-10-25-9-5-6-12-31(25)26/h5-7,9-21H,4,8,22H2,1-3H3. The van der Waals surface area contributed by atoms with Gasteiger partial charge in [0.2, 0.25) is 0 Å². The fourth-order valence-electron chi connectivity index (χ4n) is 5.41. The lowest BCUT2D eigenvalue weighted by Crippen LogP contribution is -2.22.